The summed E-state index contributed by atoms with van der Waals surface area (Å²) in [5, 5.41) is 12.4. The fourth-order valence-corrected chi connectivity index (χ4v) is 3.29. The molecule has 0 bridgehead atoms. The van der Waals surface area contributed by atoms with E-state index in [2.05, 4.69) is 31.2 Å². The van der Waals surface area contributed by atoms with E-state index < -0.39 is 0 Å². The highest BCUT2D eigenvalue weighted by molar-refractivity contribution is 9.10. The smallest absolute Gasteiger partial charge is 0.253 e. The van der Waals surface area contributed by atoms with E-state index in [9.17, 15) is 4.79 Å². The minimum absolute atomic E-state index is 0.0313. The maximum atomic E-state index is 12.6. The molecule has 138 valence electrons. The molecular formula is C19H18BrN5O2. The molecule has 0 N–H and O–H groups in total. The molecule has 0 radical (unpaired) electrons. The largest absolute Gasteiger partial charge is 0.473 e. The van der Waals surface area contributed by atoms with Gasteiger partial charge in [-0.1, -0.05) is 15.9 Å². The number of nitrogens with zero attached hydrogens (tertiary/aromatic N) is 5. The number of hydrogen-bond donors (Lipinski definition) is 0. The number of likely N-dealkylation sites (tertiary alicyclic amines) is 1. The first-order chi connectivity index (χ1) is 13.2. The van der Waals surface area contributed by atoms with Gasteiger partial charge < -0.3 is 9.64 Å². The molecule has 1 fully saturated rings. The Morgan fingerprint density at radius 2 is 1.85 bits per heavy atom. The van der Waals surface area contributed by atoms with Crippen molar-refractivity contribution in [2.45, 2.75) is 18.9 Å². The van der Waals surface area contributed by atoms with Gasteiger partial charge in [0.1, 0.15) is 6.10 Å². The first kappa shape index (κ1) is 17.7. The lowest BCUT2D eigenvalue weighted by atomic mass is 10.1. The second-order valence-corrected chi connectivity index (χ2v) is 7.21. The summed E-state index contributed by atoms with van der Waals surface area (Å²) in [5.41, 5.74) is 0.706. The van der Waals surface area contributed by atoms with Crippen LogP contribution in [0.1, 0.15) is 23.2 Å². The maximum Gasteiger partial charge on any atom is 0.253 e. The maximum absolute atomic E-state index is 12.6. The SMILES string of the molecule is O=C(c1ccc(Br)cc1)N1CCC(Oc2ccc(-n3cccn3)nn2)CC1. The summed E-state index contributed by atoms with van der Waals surface area (Å²) in [7, 11) is 0. The van der Waals surface area contributed by atoms with Gasteiger partial charge in [-0.15, -0.1) is 10.2 Å². The van der Waals surface area contributed by atoms with Crippen LogP contribution in [0.25, 0.3) is 5.82 Å². The zero-order valence-electron chi connectivity index (χ0n) is 14.5. The summed E-state index contributed by atoms with van der Waals surface area (Å²) < 4.78 is 8.54. The van der Waals surface area contributed by atoms with Crippen LogP contribution in [0.2, 0.25) is 0 Å². The van der Waals surface area contributed by atoms with Crippen molar-refractivity contribution in [2.24, 2.45) is 0 Å². The van der Waals surface area contributed by atoms with Gasteiger partial charge in [-0.3, -0.25) is 4.79 Å². The van der Waals surface area contributed by atoms with Crippen LogP contribution >= 0.6 is 15.9 Å². The van der Waals surface area contributed by atoms with Crippen molar-refractivity contribution in [3.63, 3.8) is 0 Å². The highest BCUT2D eigenvalue weighted by Gasteiger charge is 2.25. The second-order valence-electron chi connectivity index (χ2n) is 6.30. The molecule has 0 aliphatic carbocycles. The number of rotatable bonds is 4. The van der Waals surface area contributed by atoms with Gasteiger partial charge in [0, 0.05) is 54.4 Å². The lowest BCUT2D eigenvalue weighted by Crippen LogP contribution is -2.41. The van der Waals surface area contributed by atoms with E-state index in [0.717, 1.165) is 17.3 Å². The van der Waals surface area contributed by atoms with Crippen molar-refractivity contribution in [2.75, 3.05) is 13.1 Å². The molecule has 0 unspecified atom stereocenters. The molecule has 3 heterocycles. The van der Waals surface area contributed by atoms with E-state index >= 15 is 0 Å². The molecule has 1 saturated heterocycles. The third-order valence-electron chi connectivity index (χ3n) is 4.47. The Morgan fingerprint density at radius 1 is 1.07 bits per heavy atom. The van der Waals surface area contributed by atoms with Gasteiger partial charge >= 0.3 is 0 Å². The van der Waals surface area contributed by atoms with Crippen molar-refractivity contribution in [3.8, 4) is 11.7 Å². The minimum atomic E-state index is 0.0313. The van der Waals surface area contributed by atoms with Crippen LogP contribution < -0.4 is 4.74 Å². The van der Waals surface area contributed by atoms with Crippen molar-refractivity contribution >= 4 is 21.8 Å². The fraction of sp³-hybridized carbons (Fsp3) is 0.263. The van der Waals surface area contributed by atoms with Crippen LogP contribution in [-0.4, -0.2) is 50.0 Å². The first-order valence-electron chi connectivity index (χ1n) is 8.74. The number of carbonyl (C=O) groups excluding carboxylic acids is 1. The Bertz CT molecular complexity index is 889. The zero-order valence-corrected chi connectivity index (χ0v) is 16.1. The standard InChI is InChI=1S/C19H18BrN5O2/c20-15-4-2-14(3-5-15)19(26)24-12-8-16(9-13-24)27-18-7-6-17(22-23-18)25-11-1-10-21-25/h1-7,10-11,16H,8-9,12-13H2. The summed E-state index contributed by atoms with van der Waals surface area (Å²) >= 11 is 3.39. The van der Waals surface area contributed by atoms with E-state index in [-0.39, 0.29) is 12.0 Å². The quantitative estimate of drug-likeness (QED) is 0.639. The predicted molar refractivity (Wildman–Crippen MR) is 103 cm³/mol. The molecule has 27 heavy (non-hydrogen) atoms. The average Bonchev–Trinajstić information content (AvgIpc) is 3.24. The molecule has 0 spiro atoms. The van der Waals surface area contributed by atoms with Gasteiger partial charge in [0.05, 0.1) is 0 Å². The molecule has 3 aromatic rings. The average molecular weight is 428 g/mol. The van der Waals surface area contributed by atoms with Crippen LogP contribution in [0.3, 0.4) is 0 Å². The summed E-state index contributed by atoms with van der Waals surface area (Å²) in [5.74, 6) is 1.19. The van der Waals surface area contributed by atoms with E-state index in [0.29, 0.717) is 30.4 Å². The molecule has 2 aromatic heterocycles. The van der Waals surface area contributed by atoms with E-state index in [4.69, 9.17) is 4.74 Å². The number of halogens is 1. The molecular weight excluding hydrogens is 410 g/mol. The van der Waals surface area contributed by atoms with E-state index in [1.807, 2.05) is 47.5 Å². The van der Waals surface area contributed by atoms with Crippen LogP contribution in [0.5, 0.6) is 5.88 Å². The molecule has 8 heteroatoms. The fourth-order valence-electron chi connectivity index (χ4n) is 3.02. The number of benzene rings is 1. The van der Waals surface area contributed by atoms with Crippen molar-refractivity contribution in [1.82, 2.24) is 24.9 Å². The highest BCUT2D eigenvalue weighted by atomic mass is 79.9. The number of piperidine rings is 1. The van der Waals surface area contributed by atoms with Crippen LogP contribution in [0.15, 0.2) is 59.3 Å². The lowest BCUT2D eigenvalue weighted by Gasteiger charge is -2.32. The first-order valence-corrected chi connectivity index (χ1v) is 9.53. The third kappa shape index (κ3) is 4.16. The summed E-state index contributed by atoms with van der Waals surface area (Å²) in [6.07, 6.45) is 5.07. The topological polar surface area (TPSA) is 73.1 Å². The Labute approximate surface area is 165 Å². The number of amides is 1. The van der Waals surface area contributed by atoms with Gasteiger partial charge in [-0.25, -0.2) is 4.68 Å². The number of ether oxygens (including phenoxy) is 1. The molecule has 1 aliphatic rings. The second kappa shape index (κ2) is 7.87. The highest BCUT2D eigenvalue weighted by Crippen LogP contribution is 2.20. The van der Waals surface area contributed by atoms with Crippen molar-refractivity contribution in [1.29, 1.82) is 0 Å². The molecule has 7 nitrogen and oxygen atoms in total. The molecule has 1 aliphatic heterocycles. The monoisotopic (exact) mass is 427 g/mol. The summed E-state index contributed by atoms with van der Waals surface area (Å²) in [6, 6.07) is 12.9. The van der Waals surface area contributed by atoms with Gasteiger partial charge in [0.15, 0.2) is 5.82 Å². The van der Waals surface area contributed by atoms with E-state index in [1.54, 1.807) is 16.9 Å². The van der Waals surface area contributed by atoms with Gasteiger partial charge in [0.2, 0.25) is 5.88 Å². The zero-order chi connectivity index (χ0) is 18.6. The summed E-state index contributed by atoms with van der Waals surface area (Å²) in [4.78, 5) is 14.4. The van der Waals surface area contributed by atoms with Gasteiger partial charge in [-0.2, -0.15) is 5.10 Å². The van der Waals surface area contributed by atoms with Gasteiger partial charge in [-0.05, 0) is 36.4 Å². The Morgan fingerprint density at radius 3 is 2.48 bits per heavy atom. The van der Waals surface area contributed by atoms with E-state index in [1.165, 1.54) is 0 Å². The molecule has 0 atom stereocenters. The Balaban J connectivity index is 1.31. The normalized spacial score (nSPS) is 14.9. The lowest BCUT2D eigenvalue weighted by molar-refractivity contribution is 0.0586. The van der Waals surface area contributed by atoms with Crippen LogP contribution in [0, 0.1) is 0 Å². The molecule has 0 saturated carbocycles. The summed E-state index contributed by atoms with van der Waals surface area (Å²) in [6.45, 7) is 1.33. The number of hydrogen-bond acceptors (Lipinski definition) is 5. The minimum Gasteiger partial charge on any atom is -0.473 e. The van der Waals surface area contributed by atoms with Crippen LogP contribution in [-0.2, 0) is 0 Å². The molecule has 1 amide bonds. The number of carbonyl (C=O) groups is 1. The molecule has 4 rings (SSSR count). The van der Waals surface area contributed by atoms with Gasteiger partial charge in [0.25, 0.3) is 5.91 Å². The third-order valence-corrected chi connectivity index (χ3v) is 5.00. The Kier molecular flexibility index (Phi) is 5.15. The van der Waals surface area contributed by atoms with Crippen molar-refractivity contribution in [3.05, 3.63) is 64.9 Å². The Hall–Kier alpha value is -2.74. The van der Waals surface area contributed by atoms with Crippen molar-refractivity contribution < 1.29 is 9.53 Å². The predicted octanol–water partition coefficient (Wildman–Crippen LogP) is 3.11. The molecule has 1 aromatic carbocycles. The number of aromatic nitrogens is 4. The van der Waals surface area contributed by atoms with Crippen LogP contribution in [0.4, 0.5) is 0 Å².